The molecule has 0 aliphatic carbocycles. The van der Waals surface area contributed by atoms with Crippen molar-refractivity contribution < 1.29 is 14.2 Å². The van der Waals surface area contributed by atoms with Crippen molar-refractivity contribution >= 4 is 10.2 Å². The van der Waals surface area contributed by atoms with Gasteiger partial charge in [-0.2, -0.15) is 0 Å². The predicted molar refractivity (Wildman–Crippen MR) is 26.7 cm³/mol. The predicted octanol–water partition coefficient (Wildman–Crippen LogP) is -1.39. The highest BCUT2D eigenvalue weighted by atomic mass is 28.1. The molecule has 0 radical (unpaired) electrons. The minimum atomic E-state index is 0.0498. The largest absolute Gasteiger partial charge is 0.331 e. The number of hydrogen-bond donors (Lipinski definition) is 0. The molecule has 0 N–H and O–H groups in total. The zero-order valence-electron chi connectivity index (χ0n) is 4.22. The van der Waals surface area contributed by atoms with Crippen LogP contribution >= 0.6 is 0 Å². The average Bonchev–Trinajstić information content (AvgIpc) is 1.69. The molecule has 0 unspecified atom stereocenters. The third-order valence-electron chi connectivity index (χ3n) is 0.772. The maximum atomic E-state index is 4.90. The topological polar surface area (TPSA) is 27.7 Å². The van der Waals surface area contributed by atoms with Gasteiger partial charge in [0.2, 0.25) is 0 Å². The average molecular weight is 120 g/mol. The van der Waals surface area contributed by atoms with Crippen molar-refractivity contribution in [3.8, 4) is 0 Å². The number of ether oxygens (including phenoxy) is 3. The van der Waals surface area contributed by atoms with Crippen molar-refractivity contribution in [3.63, 3.8) is 0 Å². The van der Waals surface area contributed by atoms with Gasteiger partial charge in [0, 0.05) is 0 Å². The first-order chi connectivity index (χ1) is 3.39. The molecule has 7 heavy (non-hydrogen) atoms. The summed E-state index contributed by atoms with van der Waals surface area (Å²) < 4.78 is 14.5. The summed E-state index contributed by atoms with van der Waals surface area (Å²) in [6.45, 7) is 0.794. The summed E-state index contributed by atoms with van der Waals surface area (Å²) in [5.74, 6) is 0.0498. The molecule has 1 aliphatic rings. The first-order valence-electron chi connectivity index (χ1n) is 2.20. The third kappa shape index (κ3) is 1.56. The molecule has 4 heteroatoms. The van der Waals surface area contributed by atoms with E-state index in [2.05, 4.69) is 0 Å². The lowest BCUT2D eigenvalue weighted by Gasteiger charge is -2.19. The second-order valence-corrected chi connectivity index (χ2v) is 2.28. The SMILES string of the molecule is [SiH3]C1OCOCO1. The smallest absolute Gasteiger partial charge is 0.152 e. The highest BCUT2D eigenvalue weighted by Crippen LogP contribution is 1.95. The normalized spacial score (nSPS) is 25.7. The lowest BCUT2D eigenvalue weighted by molar-refractivity contribution is -0.267. The highest BCUT2D eigenvalue weighted by molar-refractivity contribution is 6.10. The Hall–Kier alpha value is 0.0969. The Kier molecular flexibility index (Phi) is 1.81. The zero-order chi connectivity index (χ0) is 5.11. The minimum Gasteiger partial charge on any atom is -0.331 e. The van der Waals surface area contributed by atoms with E-state index in [1.54, 1.807) is 0 Å². The van der Waals surface area contributed by atoms with Crippen LogP contribution in [0.2, 0.25) is 0 Å². The van der Waals surface area contributed by atoms with Gasteiger partial charge in [-0.1, -0.05) is 0 Å². The molecule has 0 aromatic carbocycles. The van der Waals surface area contributed by atoms with Gasteiger partial charge in [0.05, 0.1) is 10.2 Å². The van der Waals surface area contributed by atoms with Gasteiger partial charge >= 0.3 is 0 Å². The van der Waals surface area contributed by atoms with E-state index in [0.717, 1.165) is 10.2 Å². The number of rotatable bonds is 0. The Labute approximate surface area is 45.0 Å². The summed E-state index contributed by atoms with van der Waals surface area (Å²) in [5.41, 5.74) is 0. The Bertz CT molecular complexity index is 52.1. The Balaban J connectivity index is 2.12. The molecule has 0 bridgehead atoms. The van der Waals surface area contributed by atoms with Crippen LogP contribution in [-0.2, 0) is 14.2 Å². The molecule has 1 saturated heterocycles. The number of hydrogen-bond acceptors (Lipinski definition) is 3. The molecular formula is C3H8O3Si. The van der Waals surface area contributed by atoms with Crippen LogP contribution in [0.3, 0.4) is 0 Å². The third-order valence-corrected chi connectivity index (χ3v) is 1.44. The Morgan fingerprint density at radius 1 is 1.29 bits per heavy atom. The molecule has 0 amide bonds. The molecular weight excluding hydrogens is 112 g/mol. The lowest BCUT2D eigenvalue weighted by Crippen LogP contribution is -2.26. The Morgan fingerprint density at radius 3 is 2.14 bits per heavy atom. The molecule has 1 fully saturated rings. The van der Waals surface area contributed by atoms with Crippen LogP contribution in [0.1, 0.15) is 0 Å². The summed E-state index contributed by atoms with van der Waals surface area (Å²) in [4.78, 5) is 0. The van der Waals surface area contributed by atoms with Crippen molar-refractivity contribution in [1.29, 1.82) is 0 Å². The van der Waals surface area contributed by atoms with Crippen LogP contribution in [0.25, 0.3) is 0 Å². The molecule has 0 aromatic rings. The van der Waals surface area contributed by atoms with Gasteiger partial charge in [-0.15, -0.1) is 0 Å². The van der Waals surface area contributed by atoms with E-state index >= 15 is 0 Å². The molecule has 1 aliphatic heterocycles. The van der Waals surface area contributed by atoms with Crippen LogP contribution in [0.4, 0.5) is 0 Å². The van der Waals surface area contributed by atoms with Crippen LogP contribution in [0.5, 0.6) is 0 Å². The summed E-state index contributed by atoms with van der Waals surface area (Å²) >= 11 is 0. The monoisotopic (exact) mass is 120 g/mol. The van der Waals surface area contributed by atoms with Crippen LogP contribution in [0.15, 0.2) is 0 Å². The van der Waals surface area contributed by atoms with Crippen LogP contribution in [0, 0.1) is 0 Å². The van der Waals surface area contributed by atoms with Gasteiger partial charge in [-0.25, -0.2) is 0 Å². The quantitative estimate of drug-likeness (QED) is 0.368. The fraction of sp³-hybridized carbons (Fsp3) is 1.00. The summed E-state index contributed by atoms with van der Waals surface area (Å²) in [7, 11) is 0.926. The molecule has 1 rings (SSSR count). The molecule has 0 atom stereocenters. The van der Waals surface area contributed by atoms with Crippen LogP contribution < -0.4 is 0 Å². The van der Waals surface area contributed by atoms with Crippen molar-refractivity contribution in [2.45, 2.75) is 5.91 Å². The fourth-order valence-corrected chi connectivity index (χ4v) is 0.642. The molecule has 42 valence electrons. The van der Waals surface area contributed by atoms with Gasteiger partial charge in [0.1, 0.15) is 5.91 Å². The van der Waals surface area contributed by atoms with Gasteiger partial charge in [-0.3, -0.25) is 0 Å². The van der Waals surface area contributed by atoms with E-state index in [9.17, 15) is 0 Å². The Morgan fingerprint density at radius 2 is 1.86 bits per heavy atom. The fourth-order valence-electron chi connectivity index (χ4n) is 0.370. The summed E-state index contributed by atoms with van der Waals surface area (Å²) in [6, 6.07) is 0. The molecule has 0 saturated carbocycles. The maximum Gasteiger partial charge on any atom is 0.152 e. The van der Waals surface area contributed by atoms with Crippen molar-refractivity contribution in [2.75, 3.05) is 13.6 Å². The van der Waals surface area contributed by atoms with Gasteiger partial charge < -0.3 is 14.2 Å². The van der Waals surface area contributed by atoms with Crippen LogP contribution in [-0.4, -0.2) is 29.7 Å². The van der Waals surface area contributed by atoms with E-state index < -0.39 is 0 Å². The summed E-state index contributed by atoms with van der Waals surface area (Å²) in [6.07, 6.45) is 0. The summed E-state index contributed by atoms with van der Waals surface area (Å²) in [5, 5.41) is 0. The van der Waals surface area contributed by atoms with E-state index in [-0.39, 0.29) is 5.91 Å². The van der Waals surface area contributed by atoms with E-state index in [1.165, 1.54) is 0 Å². The van der Waals surface area contributed by atoms with E-state index in [0.29, 0.717) is 13.6 Å². The second kappa shape index (κ2) is 2.42. The first kappa shape index (κ1) is 5.24. The van der Waals surface area contributed by atoms with Gasteiger partial charge in [-0.05, 0) is 0 Å². The second-order valence-electron chi connectivity index (χ2n) is 1.34. The zero-order valence-corrected chi connectivity index (χ0v) is 6.22. The lowest BCUT2D eigenvalue weighted by atomic mass is 11.2. The van der Waals surface area contributed by atoms with Gasteiger partial charge in [0.25, 0.3) is 0 Å². The minimum absolute atomic E-state index is 0.0498. The van der Waals surface area contributed by atoms with Crippen molar-refractivity contribution in [2.24, 2.45) is 0 Å². The molecule has 0 aromatic heterocycles. The van der Waals surface area contributed by atoms with Crippen molar-refractivity contribution in [3.05, 3.63) is 0 Å². The molecule has 3 nitrogen and oxygen atoms in total. The first-order valence-corrected chi connectivity index (χ1v) is 3.36. The maximum absolute atomic E-state index is 4.90. The molecule has 0 spiro atoms. The van der Waals surface area contributed by atoms with E-state index in [1.807, 2.05) is 0 Å². The van der Waals surface area contributed by atoms with Gasteiger partial charge in [0.15, 0.2) is 13.6 Å². The molecule has 1 heterocycles. The highest BCUT2D eigenvalue weighted by Gasteiger charge is 2.05. The van der Waals surface area contributed by atoms with E-state index in [4.69, 9.17) is 14.2 Å². The van der Waals surface area contributed by atoms with Crippen molar-refractivity contribution in [1.82, 2.24) is 0 Å². The standard InChI is InChI=1S/C3H8O3Si/c7-3-5-1-4-2-6-3/h3H,1-2H2,7H3.